The zero-order valence-corrected chi connectivity index (χ0v) is 20.8. The Kier molecular flexibility index (Phi) is 4.35. The summed E-state index contributed by atoms with van der Waals surface area (Å²) >= 11 is 0. The number of rotatable bonds is 2. The van der Waals surface area contributed by atoms with E-state index >= 15 is 0 Å². The van der Waals surface area contributed by atoms with Crippen molar-refractivity contribution in [3.05, 3.63) is 119 Å². The minimum atomic E-state index is -0.864. The minimum Gasteiger partial charge on any atom is -0.378 e. The summed E-state index contributed by atoms with van der Waals surface area (Å²) in [7, 11) is 6.26. The molecule has 2 heterocycles. The number of hydrogen-bond donors (Lipinski definition) is 1. The van der Waals surface area contributed by atoms with Gasteiger partial charge in [0.2, 0.25) is 0 Å². The number of hydrogen-bond acceptors (Lipinski definition) is 3. The number of fused-ring (bicyclic) bond motifs is 8. The fraction of sp³-hybridized carbons (Fsp3) is 0.219. The van der Waals surface area contributed by atoms with Gasteiger partial charge in [-0.1, -0.05) is 78.9 Å². The van der Waals surface area contributed by atoms with Crippen molar-refractivity contribution in [2.45, 2.75) is 16.9 Å². The van der Waals surface area contributed by atoms with E-state index in [-0.39, 0.29) is 11.8 Å². The van der Waals surface area contributed by atoms with Crippen molar-refractivity contribution in [3.8, 4) is 11.1 Å². The fourth-order valence-corrected chi connectivity index (χ4v) is 7.51. The second-order valence-corrected chi connectivity index (χ2v) is 10.5. The molecular formula is C32H29N3O. The van der Waals surface area contributed by atoms with Gasteiger partial charge in [0.1, 0.15) is 5.54 Å². The Morgan fingerprint density at radius 2 is 1.33 bits per heavy atom. The fourth-order valence-electron chi connectivity index (χ4n) is 7.51. The predicted octanol–water partition coefficient (Wildman–Crippen LogP) is 5.60. The molecule has 1 amide bonds. The van der Waals surface area contributed by atoms with Crippen LogP contribution in [0.15, 0.2) is 97.1 Å². The molecule has 2 atom stereocenters. The number of anilines is 2. The quantitative estimate of drug-likeness (QED) is 0.414. The van der Waals surface area contributed by atoms with E-state index < -0.39 is 11.0 Å². The molecule has 1 N–H and O–H groups in total. The summed E-state index contributed by atoms with van der Waals surface area (Å²) in [6.45, 7) is 0.770. The third-order valence-corrected chi connectivity index (χ3v) is 8.82. The highest BCUT2D eigenvalue weighted by molar-refractivity contribution is 6.09. The first-order valence-corrected chi connectivity index (χ1v) is 12.6. The lowest BCUT2D eigenvalue weighted by Gasteiger charge is -2.46. The van der Waals surface area contributed by atoms with Crippen molar-refractivity contribution in [2.75, 3.05) is 37.9 Å². The van der Waals surface area contributed by atoms with Gasteiger partial charge >= 0.3 is 0 Å². The molecule has 4 aromatic carbocycles. The Hall–Kier alpha value is -3.89. The van der Waals surface area contributed by atoms with Gasteiger partial charge in [-0.15, -0.1) is 0 Å². The van der Waals surface area contributed by atoms with Crippen LogP contribution in [-0.2, 0) is 15.7 Å². The van der Waals surface area contributed by atoms with Gasteiger partial charge < -0.3 is 10.2 Å². The molecule has 3 aliphatic rings. The molecule has 7 rings (SSSR count). The second kappa shape index (κ2) is 7.31. The molecule has 0 bridgehead atoms. The summed E-state index contributed by atoms with van der Waals surface area (Å²) in [6.07, 6.45) is 0. The van der Waals surface area contributed by atoms with Crippen LogP contribution in [-0.4, -0.2) is 38.5 Å². The summed E-state index contributed by atoms with van der Waals surface area (Å²) in [4.78, 5) is 18.9. The average Bonchev–Trinajstić information content (AvgIpc) is 3.48. The van der Waals surface area contributed by atoms with Crippen LogP contribution >= 0.6 is 0 Å². The molecule has 2 aliphatic heterocycles. The molecule has 178 valence electrons. The summed E-state index contributed by atoms with van der Waals surface area (Å²) in [5.41, 5.74) is 7.91. The van der Waals surface area contributed by atoms with Crippen LogP contribution in [0.25, 0.3) is 11.1 Å². The molecule has 4 nitrogen and oxygen atoms in total. The maximum Gasteiger partial charge on any atom is 0.250 e. The van der Waals surface area contributed by atoms with E-state index in [1.807, 2.05) is 12.1 Å². The Labute approximate surface area is 212 Å². The van der Waals surface area contributed by atoms with Crippen molar-refractivity contribution in [1.82, 2.24) is 4.90 Å². The second-order valence-electron chi connectivity index (χ2n) is 10.5. The number of amides is 1. The Morgan fingerprint density at radius 1 is 0.778 bits per heavy atom. The summed E-state index contributed by atoms with van der Waals surface area (Å²) < 4.78 is 0. The first-order valence-electron chi connectivity index (χ1n) is 12.6. The third-order valence-electron chi connectivity index (χ3n) is 8.82. The van der Waals surface area contributed by atoms with E-state index in [9.17, 15) is 4.79 Å². The van der Waals surface area contributed by atoms with Crippen LogP contribution in [0.1, 0.15) is 28.2 Å². The third kappa shape index (κ3) is 2.35. The monoisotopic (exact) mass is 471 g/mol. The van der Waals surface area contributed by atoms with Crippen LogP contribution in [0.2, 0.25) is 0 Å². The van der Waals surface area contributed by atoms with Gasteiger partial charge in [0.25, 0.3) is 5.91 Å². The Balaban J connectivity index is 1.61. The van der Waals surface area contributed by atoms with Crippen molar-refractivity contribution in [3.63, 3.8) is 0 Å². The number of benzene rings is 4. The van der Waals surface area contributed by atoms with Crippen LogP contribution in [0.4, 0.5) is 11.4 Å². The van der Waals surface area contributed by atoms with Crippen LogP contribution in [0.5, 0.6) is 0 Å². The van der Waals surface area contributed by atoms with Gasteiger partial charge in [-0.05, 0) is 53.1 Å². The van der Waals surface area contributed by atoms with Crippen molar-refractivity contribution < 1.29 is 4.79 Å². The molecule has 0 unspecified atom stereocenters. The number of nitrogens with zero attached hydrogens (tertiary/aromatic N) is 2. The van der Waals surface area contributed by atoms with E-state index in [0.29, 0.717) is 0 Å². The normalized spacial score (nSPS) is 23.0. The highest BCUT2D eigenvalue weighted by Gasteiger charge is 2.73. The molecule has 1 aliphatic carbocycles. The Morgan fingerprint density at radius 3 is 1.94 bits per heavy atom. The summed E-state index contributed by atoms with van der Waals surface area (Å²) in [6, 6.07) is 34.6. The van der Waals surface area contributed by atoms with E-state index in [1.54, 1.807) is 0 Å². The molecule has 1 fully saturated rings. The van der Waals surface area contributed by atoms with Crippen molar-refractivity contribution in [2.24, 2.45) is 0 Å². The molecule has 1 saturated heterocycles. The molecule has 0 saturated carbocycles. The number of carbonyl (C=O) groups excluding carboxylic acids is 1. The Bertz CT molecular complexity index is 1480. The standard InChI is InChI=1S/C32H29N3O/c1-34(2)22-18-16-21(17-19-22)28-20-35(3)32(27-14-8-9-15-29(27)33-30(32)36)31(28)25-12-6-4-10-23(25)24-11-5-7-13-26(24)31/h4-19,28H,20H2,1-3H3,(H,33,36)/t28-,32+/m1/s1. The van der Waals surface area contributed by atoms with E-state index in [4.69, 9.17) is 0 Å². The van der Waals surface area contributed by atoms with E-state index in [1.165, 1.54) is 33.5 Å². The number of carbonyl (C=O) groups is 1. The van der Waals surface area contributed by atoms with E-state index in [0.717, 1.165) is 17.8 Å². The van der Waals surface area contributed by atoms with Gasteiger partial charge in [-0.25, -0.2) is 0 Å². The highest BCUT2D eigenvalue weighted by atomic mass is 16.2. The number of likely N-dealkylation sites (N-methyl/N-ethyl adjacent to an activating group) is 1. The number of nitrogens with one attached hydrogen (secondary N) is 1. The number of likely N-dealkylation sites (tertiary alicyclic amines) is 1. The molecule has 36 heavy (non-hydrogen) atoms. The lowest BCUT2D eigenvalue weighted by atomic mass is 9.56. The smallest absolute Gasteiger partial charge is 0.250 e. The lowest BCUT2D eigenvalue weighted by Crippen LogP contribution is -2.57. The highest BCUT2D eigenvalue weighted by Crippen LogP contribution is 2.70. The number of para-hydroxylation sites is 1. The van der Waals surface area contributed by atoms with E-state index in [2.05, 4.69) is 121 Å². The minimum absolute atomic E-state index is 0.0603. The maximum atomic E-state index is 14.4. The molecule has 0 radical (unpaired) electrons. The van der Waals surface area contributed by atoms with Gasteiger partial charge in [0.05, 0.1) is 5.41 Å². The van der Waals surface area contributed by atoms with Crippen molar-refractivity contribution in [1.29, 1.82) is 0 Å². The molecule has 0 aromatic heterocycles. The summed E-state index contributed by atoms with van der Waals surface area (Å²) in [5, 5.41) is 3.28. The molecular weight excluding hydrogens is 442 g/mol. The SMILES string of the molecule is CN(C)c1ccc([C@H]2CN(C)[C@@]3(C(=O)Nc4ccccc43)C23c2ccccc2-c2ccccc23)cc1. The predicted molar refractivity (Wildman–Crippen MR) is 146 cm³/mol. The van der Waals surface area contributed by atoms with Gasteiger partial charge in [-0.3, -0.25) is 9.69 Å². The average molecular weight is 472 g/mol. The van der Waals surface area contributed by atoms with Gasteiger partial charge in [-0.2, -0.15) is 0 Å². The van der Waals surface area contributed by atoms with Crippen LogP contribution in [0.3, 0.4) is 0 Å². The largest absolute Gasteiger partial charge is 0.378 e. The first kappa shape index (κ1) is 21.4. The summed E-state index contributed by atoms with van der Waals surface area (Å²) in [5.74, 6) is 0.144. The molecule has 4 heteroatoms. The zero-order chi connectivity index (χ0) is 24.7. The first-order chi connectivity index (χ1) is 17.5. The van der Waals surface area contributed by atoms with Gasteiger partial charge in [0, 0.05) is 43.5 Å². The lowest BCUT2D eigenvalue weighted by molar-refractivity contribution is -0.127. The van der Waals surface area contributed by atoms with Crippen molar-refractivity contribution >= 4 is 17.3 Å². The van der Waals surface area contributed by atoms with Crippen LogP contribution in [0, 0.1) is 0 Å². The zero-order valence-electron chi connectivity index (χ0n) is 20.8. The topological polar surface area (TPSA) is 35.6 Å². The van der Waals surface area contributed by atoms with Crippen LogP contribution < -0.4 is 10.2 Å². The molecule has 2 spiro atoms. The molecule has 4 aromatic rings. The van der Waals surface area contributed by atoms with Gasteiger partial charge in [0.15, 0.2) is 0 Å². The maximum absolute atomic E-state index is 14.4.